The number of rotatable bonds is 6. The fourth-order valence-electron chi connectivity index (χ4n) is 1.18. The monoisotopic (exact) mass is 233 g/mol. The van der Waals surface area contributed by atoms with E-state index in [1.54, 1.807) is 24.4 Å². The maximum absolute atomic E-state index is 9.49. The first-order chi connectivity index (χ1) is 8.27. The molecule has 0 heterocycles. The Morgan fingerprint density at radius 1 is 1.59 bits per heavy atom. The van der Waals surface area contributed by atoms with E-state index in [0.29, 0.717) is 25.3 Å². The minimum atomic E-state index is 0.112. The van der Waals surface area contributed by atoms with Gasteiger partial charge in [0.15, 0.2) is 11.5 Å². The summed E-state index contributed by atoms with van der Waals surface area (Å²) in [6.07, 6.45) is 2.02. The smallest absolute Gasteiger partial charge is 0.161 e. The molecule has 90 valence electrons. The molecule has 0 fully saturated rings. The second kappa shape index (κ2) is 7.12. The summed E-state index contributed by atoms with van der Waals surface area (Å²) in [5.74, 6) is 0.551. The Balaban J connectivity index is 2.59. The molecule has 1 rings (SSSR count). The van der Waals surface area contributed by atoms with Gasteiger partial charge in [0.25, 0.3) is 0 Å². The van der Waals surface area contributed by atoms with Crippen molar-refractivity contribution < 1.29 is 9.84 Å². The van der Waals surface area contributed by atoms with Gasteiger partial charge in [-0.05, 0) is 30.7 Å². The highest BCUT2D eigenvalue weighted by atomic mass is 16.5. The van der Waals surface area contributed by atoms with Crippen LogP contribution in [-0.4, -0.2) is 24.5 Å². The highest BCUT2D eigenvalue weighted by Gasteiger charge is 2.01. The first kappa shape index (κ1) is 12.8. The van der Waals surface area contributed by atoms with Crippen LogP contribution >= 0.6 is 0 Å². The van der Waals surface area contributed by atoms with Gasteiger partial charge < -0.3 is 15.3 Å². The topological polar surface area (TPSA) is 77.6 Å². The molecule has 0 aliphatic rings. The van der Waals surface area contributed by atoms with Gasteiger partial charge >= 0.3 is 0 Å². The molecular formula is C12H15N3O2. The van der Waals surface area contributed by atoms with Crippen molar-refractivity contribution in [3.05, 3.63) is 23.8 Å². The van der Waals surface area contributed by atoms with Crippen LogP contribution in [0.1, 0.15) is 18.9 Å². The number of aromatic hydroxyl groups is 1. The zero-order chi connectivity index (χ0) is 12.5. The lowest BCUT2D eigenvalue weighted by molar-refractivity contribution is 0.318. The van der Waals surface area contributed by atoms with Crippen LogP contribution in [0.3, 0.4) is 0 Å². The third kappa shape index (κ3) is 4.43. The predicted octanol–water partition coefficient (Wildman–Crippen LogP) is 1.63. The molecule has 0 amide bonds. The second-order valence-electron chi connectivity index (χ2n) is 3.23. The Kier molecular flexibility index (Phi) is 5.38. The summed E-state index contributed by atoms with van der Waals surface area (Å²) in [6, 6.07) is 7.00. The molecule has 1 aromatic rings. The van der Waals surface area contributed by atoms with E-state index in [-0.39, 0.29) is 5.75 Å². The van der Waals surface area contributed by atoms with Crippen LogP contribution in [0.4, 0.5) is 0 Å². The van der Waals surface area contributed by atoms with Crippen LogP contribution in [0.2, 0.25) is 0 Å². The van der Waals surface area contributed by atoms with Gasteiger partial charge in [-0.3, -0.25) is 0 Å². The third-order valence-corrected chi connectivity index (χ3v) is 1.94. The van der Waals surface area contributed by atoms with Crippen molar-refractivity contribution >= 4 is 6.21 Å². The molecule has 0 saturated carbocycles. The molecule has 0 unspecified atom stereocenters. The largest absolute Gasteiger partial charge is 0.504 e. The van der Waals surface area contributed by atoms with Crippen LogP contribution in [0.5, 0.6) is 11.5 Å². The lowest BCUT2D eigenvalue weighted by Gasteiger charge is -2.05. The zero-order valence-electron chi connectivity index (χ0n) is 9.68. The maximum atomic E-state index is 9.49. The van der Waals surface area contributed by atoms with E-state index >= 15 is 0 Å². The summed E-state index contributed by atoms with van der Waals surface area (Å²) in [6.45, 7) is 2.86. The highest BCUT2D eigenvalue weighted by molar-refractivity contribution is 5.80. The molecule has 0 atom stereocenters. The molecule has 0 aromatic heterocycles. The third-order valence-electron chi connectivity index (χ3n) is 1.94. The SMILES string of the molecule is CCOc1cc(C=NNCCC#N)ccc1O. The number of phenolic OH excluding ortho intramolecular Hbond substituents is 1. The number of ether oxygens (including phenoxy) is 1. The molecule has 1 aromatic carbocycles. The van der Waals surface area contributed by atoms with Crippen molar-refractivity contribution in [1.29, 1.82) is 5.26 Å². The minimum absolute atomic E-state index is 0.112. The van der Waals surface area contributed by atoms with Crippen molar-refractivity contribution in [2.45, 2.75) is 13.3 Å². The standard InChI is InChI=1S/C12H15N3O2/c1-2-17-12-8-10(4-5-11(12)16)9-15-14-7-3-6-13/h4-5,8-9,14,16H,2-3,7H2,1H3. The van der Waals surface area contributed by atoms with Crippen LogP contribution in [-0.2, 0) is 0 Å². The van der Waals surface area contributed by atoms with Crippen molar-refractivity contribution in [3.8, 4) is 17.6 Å². The molecule has 0 bridgehead atoms. The first-order valence-corrected chi connectivity index (χ1v) is 5.36. The van der Waals surface area contributed by atoms with Gasteiger partial charge in [-0.15, -0.1) is 0 Å². The summed E-state index contributed by atoms with van der Waals surface area (Å²) in [4.78, 5) is 0. The lowest BCUT2D eigenvalue weighted by atomic mass is 10.2. The number of nitrogens with one attached hydrogen (secondary N) is 1. The summed E-state index contributed by atoms with van der Waals surface area (Å²) >= 11 is 0. The predicted molar refractivity (Wildman–Crippen MR) is 65.1 cm³/mol. The summed E-state index contributed by atoms with van der Waals surface area (Å²) in [5, 5.41) is 21.8. The number of nitrogens with zero attached hydrogens (tertiary/aromatic N) is 2. The van der Waals surface area contributed by atoms with Crippen LogP contribution in [0.15, 0.2) is 23.3 Å². The van der Waals surface area contributed by atoms with Gasteiger partial charge in [-0.1, -0.05) is 0 Å². The summed E-state index contributed by atoms with van der Waals surface area (Å²) in [7, 11) is 0. The van der Waals surface area contributed by atoms with Crippen molar-refractivity contribution in [2.24, 2.45) is 5.10 Å². The van der Waals surface area contributed by atoms with Gasteiger partial charge in [-0.25, -0.2) is 0 Å². The quantitative estimate of drug-likeness (QED) is 0.444. The molecular weight excluding hydrogens is 218 g/mol. The molecule has 2 N–H and O–H groups in total. The Morgan fingerprint density at radius 2 is 2.41 bits per heavy atom. The van der Waals surface area contributed by atoms with E-state index in [1.807, 2.05) is 13.0 Å². The number of phenols is 1. The number of nitriles is 1. The molecule has 0 aliphatic carbocycles. The molecule has 5 nitrogen and oxygen atoms in total. The molecule has 0 saturated heterocycles. The molecule has 17 heavy (non-hydrogen) atoms. The van der Waals surface area contributed by atoms with E-state index < -0.39 is 0 Å². The Morgan fingerprint density at radius 3 is 3.12 bits per heavy atom. The van der Waals surface area contributed by atoms with Gasteiger partial charge in [-0.2, -0.15) is 10.4 Å². The summed E-state index contributed by atoms with van der Waals surface area (Å²) in [5.41, 5.74) is 3.56. The minimum Gasteiger partial charge on any atom is -0.504 e. The van der Waals surface area contributed by atoms with Crippen molar-refractivity contribution in [2.75, 3.05) is 13.2 Å². The van der Waals surface area contributed by atoms with Crippen LogP contribution < -0.4 is 10.2 Å². The van der Waals surface area contributed by atoms with Gasteiger partial charge in [0.2, 0.25) is 0 Å². The highest BCUT2D eigenvalue weighted by Crippen LogP contribution is 2.25. The Bertz CT molecular complexity index is 424. The van der Waals surface area contributed by atoms with Crippen LogP contribution in [0, 0.1) is 11.3 Å². The number of hydrogen-bond acceptors (Lipinski definition) is 5. The van der Waals surface area contributed by atoms with Crippen molar-refractivity contribution in [3.63, 3.8) is 0 Å². The van der Waals surface area contributed by atoms with Crippen molar-refractivity contribution in [1.82, 2.24) is 5.43 Å². The lowest BCUT2D eigenvalue weighted by Crippen LogP contribution is -2.06. The molecule has 0 aliphatic heterocycles. The Labute approximate surface area is 100 Å². The van der Waals surface area contributed by atoms with Gasteiger partial charge in [0.05, 0.1) is 25.3 Å². The average molecular weight is 233 g/mol. The van der Waals surface area contributed by atoms with Gasteiger partial charge in [0.1, 0.15) is 0 Å². The van der Waals surface area contributed by atoms with Gasteiger partial charge in [0, 0.05) is 6.54 Å². The number of hydrogen-bond donors (Lipinski definition) is 2. The molecule has 0 radical (unpaired) electrons. The molecule has 5 heteroatoms. The molecule has 0 spiro atoms. The number of benzene rings is 1. The van der Waals surface area contributed by atoms with E-state index in [0.717, 1.165) is 5.56 Å². The van der Waals surface area contributed by atoms with E-state index in [9.17, 15) is 5.11 Å². The fourth-order valence-corrected chi connectivity index (χ4v) is 1.18. The van der Waals surface area contributed by atoms with E-state index in [1.165, 1.54) is 0 Å². The fraction of sp³-hybridized carbons (Fsp3) is 0.333. The number of hydrazone groups is 1. The normalized spacial score (nSPS) is 10.1. The first-order valence-electron chi connectivity index (χ1n) is 5.36. The van der Waals surface area contributed by atoms with E-state index in [2.05, 4.69) is 10.5 Å². The summed E-state index contributed by atoms with van der Waals surface area (Å²) < 4.78 is 5.25. The van der Waals surface area contributed by atoms with E-state index in [4.69, 9.17) is 10.00 Å². The average Bonchev–Trinajstić information content (AvgIpc) is 2.33. The zero-order valence-corrected chi connectivity index (χ0v) is 9.68. The van der Waals surface area contributed by atoms with Crippen LogP contribution in [0.25, 0.3) is 0 Å². The second-order valence-corrected chi connectivity index (χ2v) is 3.23. The maximum Gasteiger partial charge on any atom is 0.161 e. The Hall–Kier alpha value is -2.22.